The molecule has 1 heterocycles. The fourth-order valence-corrected chi connectivity index (χ4v) is 2.94. The van der Waals surface area contributed by atoms with Crippen molar-refractivity contribution in [1.29, 1.82) is 0 Å². The summed E-state index contributed by atoms with van der Waals surface area (Å²) in [5.41, 5.74) is 2.88. The summed E-state index contributed by atoms with van der Waals surface area (Å²) in [5, 5.41) is 0. The van der Waals surface area contributed by atoms with Crippen LogP contribution in [-0.2, 0) is 4.74 Å². The Morgan fingerprint density at radius 1 is 1.29 bits per heavy atom. The van der Waals surface area contributed by atoms with Crippen molar-refractivity contribution in [2.24, 2.45) is 0 Å². The molecule has 0 saturated carbocycles. The van der Waals surface area contributed by atoms with Gasteiger partial charge in [0, 0.05) is 17.7 Å². The topological polar surface area (TPSA) is 9.23 Å². The van der Waals surface area contributed by atoms with Gasteiger partial charge in [0.05, 0.1) is 0 Å². The summed E-state index contributed by atoms with van der Waals surface area (Å²) >= 11 is 3.64. The van der Waals surface area contributed by atoms with Gasteiger partial charge in [0.1, 0.15) is 0 Å². The third-order valence-electron chi connectivity index (χ3n) is 2.90. The maximum Gasteiger partial charge on any atom is 0.0471 e. The third-order valence-corrected chi connectivity index (χ3v) is 3.59. The van der Waals surface area contributed by atoms with Gasteiger partial charge < -0.3 is 4.74 Å². The number of rotatable bonds is 1. The minimum absolute atomic E-state index is 0.680. The summed E-state index contributed by atoms with van der Waals surface area (Å²) in [6, 6.07) is 6.43. The van der Waals surface area contributed by atoms with Crippen LogP contribution in [0.5, 0.6) is 0 Å². The summed E-state index contributed by atoms with van der Waals surface area (Å²) in [6.07, 6.45) is 2.31. The standard InChI is InChI=1S/C12H15BrO/c1-9-3-2-4-11(13)12(9)10-5-7-14-8-6-10/h2-4,10H,5-8H2,1H3. The number of hydrogen-bond acceptors (Lipinski definition) is 1. The first-order valence-corrected chi connectivity index (χ1v) is 5.91. The van der Waals surface area contributed by atoms with Gasteiger partial charge >= 0.3 is 0 Å². The van der Waals surface area contributed by atoms with Gasteiger partial charge in [-0.2, -0.15) is 0 Å². The highest BCUT2D eigenvalue weighted by atomic mass is 79.9. The Morgan fingerprint density at radius 3 is 2.64 bits per heavy atom. The van der Waals surface area contributed by atoms with Crippen molar-refractivity contribution in [3.8, 4) is 0 Å². The minimum Gasteiger partial charge on any atom is -0.381 e. The number of benzene rings is 1. The highest BCUT2D eigenvalue weighted by Gasteiger charge is 2.19. The van der Waals surface area contributed by atoms with E-state index in [9.17, 15) is 0 Å². The Bertz CT molecular complexity index is 296. The minimum atomic E-state index is 0.680. The average Bonchev–Trinajstić information content (AvgIpc) is 2.19. The Balaban J connectivity index is 2.29. The van der Waals surface area contributed by atoms with Gasteiger partial charge in [-0.3, -0.25) is 0 Å². The quantitative estimate of drug-likeness (QED) is 0.744. The lowest BCUT2D eigenvalue weighted by Crippen LogP contribution is -2.15. The normalized spacial score (nSPS) is 18.4. The molecule has 14 heavy (non-hydrogen) atoms. The van der Waals surface area contributed by atoms with Gasteiger partial charge in [0.25, 0.3) is 0 Å². The van der Waals surface area contributed by atoms with Crippen molar-refractivity contribution in [3.63, 3.8) is 0 Å². The summed E-state index contributed by atoms with van der Waals surface area (Å²) in [6.45, 7) is 4.01. The van der Waals surface area contributed by atoms with Gasteiger partial charge in [0.15, 0.2) is 0 Å². The predicted molar refractivity (Wildman–Crippen MR) is 61.7 cm³/mol. The van der Waals surface area contributed by atoms with Crippen molar-refractivity contribution in [3.05, 3.63) is 33.8 Å². The first kappa shape index (κ1) is 10.2. The van der Waals surface area contributed by atoms with Crippen LogP contribution in [0.15, 0.2) is 22.7 Å². The first-order valence-electron chi connectivity index (χ1n) is 5.12. The molecule has 2 rings (SSSR count). The molecule has 1 aromatic carbocycles. The van der Waals surface area contributed by atoms with Gasteiger partial charge in [0.2, 0.25) is 0 Å². The van der Waals surface area contributed by atoms with Crippen LogP contribution >= 0.6 is 15.9 Å². The molecule has 0 amide bonds. The number of ether oxygens (including phenoxy) is 1. The van der Waals surface area contributed by atoms with Gasteiger partial charge in [-0.05, 0) is 42.9 Å². The second kappa shape index (κ2) is 4.45. The Kier molecular flexibility index (Phi) is 3.24. The number of aryl methyl sites for hydroxylation is 1. The van der Waals surface area contributed by atoms with Crippen molar-refractivity contribution < 1.29 is 4.74 Å². The lowest BCUT2D eigenvalue weighted by atomic mass is 9.89. The monoisotopic (exact) mass is 254 g/mol. The van der Waals surface area contributed by atoms with E-state index in [-0.39, 0.29) is 0 Å². The third kappa shape index (κ3) is 2.01. The molecule has 1 aliphatic heterocycles. The smallest absolute Gasteiger partial charge is 0.0471 e. The van der Waals surface area contributed by atoms with Crippen LogP contribution in [0.1, 0.15) is 29.9 Å². The molecule has 2 heteroatoms. The van der Waals surface area contributed by atoms with Gasteiger partial charge in [-0.1, -0.05) is 28.1 Å². The van der Waals surface area contributed by atoms with E-state index < -0.39 is 0 Å². The molecule has 0 radical (unpaired) electrons. The van der Waals surface area contributed by atoms with Crippen molar-refractivity contribution in [2.75, 3.05) is 13.2 Å². The van der Waals surface area contributed by atoms with Crippen LogP contribution < -0.4 is 0 Å². The summed E-state index contributed by atoms with van der Waals surface area (Å²) in [5.74, 6) is 0.680. The van der Waals surface area contributed by atoms with Crippen LogP contribution in [0, 0.1) is 6.92 Å². The fourth-order valence-electron chi connectivity index (χ4n) is 2.15. The van der Waals surface area contributed by atoms with Crippen molar-refractivity contribution in [1.82, 2.24) is 0 Å². The van der Waals surface area contributed by atoms with Crippen LogP contribution in [0.3, 0.4) is 0 Å². The van der Waals surface area contributed by atoms with Crippen molar-refractivity contribution >= 4 is 15.9 Å². The first-order chi connectivity index (χ1) is 6.79. The van der Waals surface area contributed by atoms with E-state index in [1.807, 2.05) is 0 Å². The molecular weight excluding hydrogens is 240 g/mol. The van der Waals surface area contributed by atoms with E-state index in [2.05, 4.69) is 41.1 Å². The molecule has 0 atom stereocenters. The molecule has 1 fully saturated rings. The average molecular weight is 255 g/mol. The van der Waals surface area contributed by atoms with E-state index in [1.54, 1.807) is 0 Å². The SMILES string of the molecule is Cc1cccc(Br)c1C1CCOCC1. The molecule has 76 valence electrons. The maximum atomic E-state index is 5.39. The molecule has 0 bridgehead atoms. The van der Waals surface area contributed by atoms with Crippen LogP contribution in [0.25, 0.3) is 0 Å². The molecule has 0 unspecified atom stereocenters. The Hall–Kier alpha value is -0.340. The molecule has 1 aliphatic rings. The van der Waals surface area contributed by atoms with Crippen LogP contribution in [0.4, 0.5) is 0 Å². The molecule has 0 spiro atoms. The largest absolute Gasteiger partial charge is 0.381 e. The zero-order valence-electron chi connectivity index (χ0n) is 8.42. The lowest BCUT2D eigenvalue weighted by molar-refractivity contribution is 0.0851. The zero-order chi connectivity index (χ0) is 9.97. The molecular formula is C12H15BrO. The zero-order valence-corrected chi connectivity index (χ0v) is 10.0. The maximum absolute atomic E-state index is 5.39. The number of halogens is 1. The fraction of sp³-hybridized carbons (Fsp3) is 0.500. The van der Waals surface area contributed by atoms with E-state index in [0.29, 0.717) is 5.92 Å². The molecule has 0 aliphatic carbocycles. The highest BCUT2D eigenvalue weighted by Crippen LogP contribution is 2.34. The molecule has 1 saturated heterocycles. The Labute approximate surface area is 93.6 Å². The predicted octanol–water partition coefficient (Wildman–Crippen LogP) is 3.65. The van der Waals surface area contributed by atoms with Crippen LogP contribution in [0.2, 0.25) is 0 Å². The number of hydrogen-bond donors (Lipinski definition) is 0. The molecule has 1 nitrogen and oxygen atoms in total. The summed E-state index contributed by atoms with van der Waals surface area (Å²) < 4.78 is 6.64. The summed E-state index contributed by atoms with van der Waals surface area (Å²) in [7, 11) is 0. The highest BCUT2D eigenvalue weighted by molar-refractivity contribution is 9.10. The second-order valence-corrected chi connectivity index (χ2v) is 4.71. The van der Waals surface area contributed by atoms with Gasteiger partial charge in [-0.25, -0.2) is 0 Å². The van der Waals surface area contributed by atoms with E-state index in [1.165, 1.54) is 15.6 Å². The van der Waals surface area contributed by atoms with Crippen molar-refractivity contribution in [2.45, 2.75) is 25.7 Å². The van der Waals surface area contributed by atoms with E-state index >= 15 is 0 Å². The molecule has 0 N–H and O–H groups in total. The van der Waals surface area contributed by atoms with Crippen LogP contribution in [-0.4, -0.2) is 13.2 Å². The second-order valence-electron chi connectivity index (χ2n) is 3.86. The molecule has 0 aromatic heterocycles. The lowest BCUT2D eigenvalue weighted by Gasteiger charge is -2.24. The van der Waals surface area contributed by atoms with E-state index in [0.717, 1.165) is 26.1 Å². The van der Waals surface area contributed by atoms with E-state index in [4.69, 9.17) is 4.74 Å². The summed E-state index contributed by atoms with van der Waals surface area (Å²) in [4.78, 5) is 0. The van der Waals surface area contributed by atoms with Gasteiger partial charge in [-0.15, -0.1) is 0 Å². The molecule has 1 aromatic rings. The Morgan fingerprint density at radius 2 is 2.00 bits per heavy atom.